The van der Waals surface area contributed by atoms with E-state index in [2.05, 4.69) is 38.3 Å². The summed E-state index contributed by atoms with van der Waals surface area (Å²) in [6.45, 7) is 0.694. The lowest BCUT2D eigenvalue weighted by atomic mass is 10.2. The van der Waals surface area contributed by atoms with E-state index >= 15 is 0 Å². The number of para-hydroxylation sites is 1. The van der Waals surface area contributed by atoms with Crippen LogP contribution in [0.1, 0.15) is 12.0 Å². The van der Waals surface area contributed by atoms with Crippen molar-refractivity contribution in [3.8, 4) is 10.7 Å². The molecule has 0 saturated heterocycles. The summed E-state index contributed by atoms with van der Waals surface area (Å²) >= 11 is 3.20. The van der Waals surface area contributed by atoms with Gasteiger partial charge in [0.05, 0.1) is 11.4 Å². The van der Waals surface area contributed by atoms with Gasteiger partial charge in [-0.05, 0) is 29.1 Å². The Morgan fingerprint density at radius 3 is 2.45 bits per heavy atom. The highest BCUT2D eigenvalue weighted by molar-refractivity contribution is 7.99. The minimum Gasteiger partial charge on any atom is -0.326 e. The summed E-state index contributed by atoms with van der Waals surface area (Å²) in [5.74, 6) is 1.49. The number of nitrogens with one attached hydrogen (secondary N) is 1. The minimum absolute atomic E-state index is 0.00342. The van der Waals surface area contributed by atoms with Gasteiger partial charge in [0.25, 0.3) is 0 Å². The highest BCUT2D eigenvalue weighted by Gasteiger charge is 2.16. The van der Waals surface area contributed by atoms with E-state index in [0.29, 0.717) is 18.7 Å². The summed E-state index contributed by atoms with van der Waals surface area (Å²) in [5.41, 5.74) is 2.00. The first-order chi connectivity index (χ1) is 14.3. The van der Waals surface area contributed by atoms with E-state index < -0.39 is 0 Å². The lowest BCUT2D eigenvalue weighted by Gasteiger charge is -2.10. The first-order valence-electron chi connectivity index (χ1n) is 9.28. The van der Waals surface area contributed by atoms with Crippen LogP contribution in [0, 0.1) is 0 Å². The molecule has 2 heterocycles. The van der Waals surface area contributed by atoms with Gasteiger partial charge < -0.3 is 5.32 Å². The van der Waals surface area contributed by atoms with E-state index in [9.17, 15) is 4.79 Å². The predicted octanol–water partition coefficient (Wildman–Crippen LogP) is 5.18. The molecule has 0 aliphatic rings. The average molecular weight is 421 g/mol. The SMILES string of the molecule is O=C(CCSc1nnc(-c2cccs2)n1Cc1ccccc1)Nc1ccccc1. The normalized spacial score (nSPS) is 10.8. The topological polar surface area (TPSA) is 59.8 Å². The molecule has 146 valence electrons. The lowest BCUT2D eigenvalue weighted by molar-refractivity contribution is -0.115. The zero-order valence-electron chi connectivity index (χ0n) is 15.7. The van der Waals surface area contributed by atoms with Gasteiger partial charge in [-0.2, -0.15) is 0 Å². The predicted molar refractivity (Wildman–Crippen MR) is 119 cm³/mol. The number of hydrogen-bond donors (Lipinski definition) is 1. The molecule has 0 radical (unpaired) electrons. The molecule has 0 aliphatic heterocycles. The number of benzene rings is 2. The van der Waals surface area contributed by atoms with Crippen LogP contribution in [0.5, 0.6) is 0 Å². The van der Waals surface area contributed by atoms with Gasteiger partial charge >= 0.3 is 0 Å². The Bertz CT molecular complexity index is 1050. The van der Waals surface area contributed by atoms with Crippen LogP contribution in [0.4, 0.5) is 5.69 Å². The maximum absolute atomic E-state index is 12.2. The van der Waals surface area contributed by atoms with Gasteiger partial charge in [-0.3, -0.25) is 9.36 Å². The van der Waals surface area contributed by atoms with Gasteiger partial charge in [-0.25, -0.2) is 0 Å². The minimum atomic E-state index is -0.00342. The monoisotopic (exact) mass is 420 g/mol. The molecule has 0 atom stereocenters. The van der Waals surface area contributed by atoms with Crippen LogP contribution < -0.4 is 5.32 Å². The number of nitrogens with zero attached hydrogens (tertiary/aromatic N) is 3. The third-order valence-electron chi connectivity index (χ3n) is 4.26. The van der Waals surface area contributed by atoms with Crippen molar-refractivity contribution in [1.82, 2.24) is 14.8 Å². The second kappa shape index (κ2) is 9.54. The van der Waals surface area contributed by atoms with Gasteiger partial charge in [0.2, 0.25) is 5.91 Å². The number of rotatable bonds is 8. The zero-order chi connectivity index (χ0) is 19.9. The quantitative estimate of drug-likeness (QED) is 0.399. The fourth-order valence-corrected chi connectivity index (χ4v) is 4.46. The van der Waals surface area contributed by atoms with E-state index in [-0.39, 0.29) is 5.91 Å². The molecule has 0 spiro atoms. The van der Waals surface area contributed by atoms with E-state index in [4.69, 9.17) is 0 Å². The standard InChI is InChI=1S/C22H20N4OS2/c27-20(23-18-10-5-2-6-11-18)13-15-29-22-25-24-21(19-12-7-14-28-19)26(22)16-17-8-3-1-4-9-17/h1-12,14H,13,15-16H2,(H,23,27). The number of carbonyl (C=O) groups excluding carboxylic acids is 1. The average Bonchev–Trinajstić information content (AvgIpc) is 3.40. The lowest BCUT2D eigenvalue weighted by Crippen LogP contribution is -2.12. The Kier molecular flexibility index (Phi) is 6.38. The molecular weight excluding hydrogens is 400 g/mol. The van der Waals surface area contributed by atoms with Gasteiger partial charge in [-0.15, -0.1) is 21.5 Å². The van der Waals surface area contributed by atoms with Crippen LogP contribution in [0.15, 0.2) is 83.3 Å². The molecule has 4 aromatic rings. The van der Waals surface area contributed by atoms with Crippen molar-refractivity contribution in [3.63, 3.8) is 0 Å². The van der Waals surface area contributed by atoms with Crippen molar-refractivity contribution in [2.75, 3.05) is 11.1 Å². The van der Waals surface area contributed by atoms with Crippen molar-refractivity contribution in [2.24, 2.45) is 0 Å². The Labute approximate surface area is 177 Å². The molecule has 0 aliphatic carbocycles. The highest BCUT2D eigenvalue weighted by atomic mass is 32.2. The number of amides is 1. The molecule has 1 amide bonds. The van der Waals surface area contributed by atoms with Crippen LogP contribution in [-0.2, 0) is 11.3 Å². The third-order valence-corrected chi connectivity index (χ3v) is 6.09. The molecule has 0 bridgehead atoms. The number of aromatic nitrogens is 3. The molecule has 0 fully saturated rings. The van der Waals surface area contributed by atoms with Crippen molar-refractivity contribution in [3.05, 3.63) is 83.7 Å². The molecule has 1 N–H and O–H groups in total. The summed E-state index contributed by atoms with van der Waals surface area (Å²) in [6, 6.07) is 23.8. The van der Waals surface area contributed by atoms with Crippen molar-refractivity contribution < 1.29 is 4.79 Å². The van der Waals surface area contributed by atoms with Crippen molar-refractivity contribution >= 4 is 34.7 Å². The molecule has 5 nitrogen and oxygen atoms in total. The van der Waals surface area contributed by atoms with Crippen LogP contribution in [0.3, 0.4) is 0 Å². The van der Waals surface area contributed by atoms with Crippen LogP contribution >= 0.6 is 23.1 Å². The molecule has 2 aromatic carbocycles. The van der Waals surface area contributed by atoms with Gasteiger partial charge in [0.1, 0.15) is 0 Å². The molecule has 4 rings (SSSR count). The summed E-state index contributed by atoms with van der Waals surface area (Å²) in [4.78, 5) is 13.3. The summed E-state index contributed by atoms with van der Waals surface area (Å²) in [5, 5.41) is 14.6. The molecule has 0 unspecified atom stereocenters. The van der Waals surface area contributed by atoms with Gasteiger partial charge in [0, 0.05) is 17.9 Å². The molecular formula is C22H20N4OS2. The van der Waals surface area contributed by atoms with Crippen LogP contribution in [-0.4, -0.2) is 26.4 Å². The number of hydrogen-bond acceptors (Lipinski definition) is 5. The van der Waals surface area contributed by atoms with E-state index in [1.54, 1.807) is 23.1 Å². The molecule has 0 saturated carbocycles. The van der Waals surface area contributed by atoms with Crippen molar-refractivity contribution in [2.45, 2.75) is 18.1 Å². The van der Waals surface area contributed by atoms with Gasteiger partial charge in [-0.1, -0.05) is 66.4 Å². The molecule has 29 heavy (non-hydrogen) atoms. The first-order valence-corrected chi connectivity index (χ1v) is 11.1. The zero-order valence-corrected chi connectivity index (χ0v) is 17.3. The second-order valence-electron chi connectivity index (χ2n) is 6.37. The van der Waals surface area contributed by atoms with Gasteiger partial charge in [0.15, 0.2) is 11.0 Å². The second-order valence-corrected chi connectivity index (χ2v) is 8.38. The number of thioether (sulfide) groups is 1. The Morgan fingerprint density at radius 2 is 1.72 bits per heavy atom. The number of thiophene rings is 1. The van der Waals surface area contributed by atoms with E-state index in [1.165, 1.54) is 5.56 Å². The summed E-state index contributed by atoms with van der Waals surface area (Å²) < 4.78 is 2.13. The maximum Gasteiger partial charge on any atom is 0.225 e. The van der Waals surface area contributed by atoms with E-state index in [0.717, 1.165) is 21.5 Å². The molecule has 2 aromatic heterocycles. The first kappa shape index (κ1) is 19.4. The summed E-state index contributed by atoms with van der Waals surface area (Å²) in [7, 11) is 0. The van der Waals surface area contributed by atoms with Crippen LogP contribution in [0.2, 0.25) is 0 Å². The molecule has 7 heteroatoms. The van der Waals surface area contributed by atoms with E-state index in [1.807, 2.05) is 60.0 Å². The van der Waals surface area contributed by atoms with Crippen LogP contribution in [0.25, 0.3) is 10.7 Å². The number of anilines is 1. The highest BCUT2D eigenvalue weighted by Crippen LogP contribution is 2.28. The summed E-state index contributed by atoms with van der Waals surface area (Å²) in [6.07, 6.45) is 0.409. The largest absolute Gasteiger partial charge is 0.326 e. The van der Waals surface area contributed by atoms with Crippen molar-refractivity contribution in [1.29, 1.82) is 0 Å². The maximum atomic E-state index is 12.2. The third kappa shape index (κ3) is 5.13. The Morgan fingerprint density at radius 1 is 0.966 bits per heavy atom. The fraction of sp³-hybridized carbons (Fsp3) is 0.136. The fourth-order valence-electron chi connectivity index (χ4n) is 2.87. The smallest absolute Gasteiger partial charge is 0.225 e. The Hall–Kier alpha value is -2.90. The number of carbonyl (C=O) groups is 1. The Balaban J connectivity index is 1.44.